The smallest absolute Gasteiger partial charge is 0.113 e. The molecule has 0 radical (unpaired) electrons. The predicted octanol–water partition coefficient (Wildman–Crippen LogP) is 2.31. The number of nitrogens with two attached hydrogens (primary N) is 1. The summed E-state index contributed by atoms with van der Waals surface area (Å²) >= 11 is 0. The van der Waals surface area contributed by atoms with Gasteiger partial charge in [0.2, 0.25) is 0 Å². The number of hydrogen-bond donors (Lipinski definition) is 1. The Hall–Kier alpha value is -1.35. The zero-order valence-electron chi connectivity index (χ0n) is 10.0. The maximum absolute atomic E-state index is 5.72. The summed E-state index contributed by atoms with van der Waals surface area (Å²) in [4.78, 5) is 4.61. The number of hydrogen-bond acceptors (Lipinski definition) is 2. The molecule has 16 heavy (non-hydrogen) atoms. The Morgan fingerprint density at radius 2 is 2.12 bits per heavy atom. The van der Waals surface area contributed by atoms with Crippen molar-refractivity contribution in [2.45, 2.75) is 39.7 Å². The van der Waals surface area contributed by atoms with Gasteiger partial charge in [-0.2, -0.15) is 0 Å². The fourth-order valence-corrected chi connectivity index (χ4v) is 2.02. The highest BCUT2D eigenvalue weighted by Gasteiger charge is 2.09. The topological polar surface area (TPSA) is 43.3 Å². The Morgan fingerprint density at radius 3 is 2.75 bits per heavy atom. The van der Waals surface area contributed by atoms with Crippen molar-refractivity contribution in [2.75, 3.05) is 0 Å². The van der Waals surface area contributed by atoms with E-state index in [0.29, 0.717) is 6.54 Å². The van der Waals surface area contributed by atoms with Crippen LogP contribution in [0.15, 0.2) is 18.3 Å². The molecule has 0 unspecified atom stereocenters. The molecule has 86 valence electrons. The average molecular weight is 217 g/mol. The van der Waals surface area contributed by atoms with Crippen LogP contribution in [-0.4, -0.2) is 9.38 Å². The molecule has 2 N–H and O–H groups in total. The molecule has 0 aliphatic heterocycles. The van der Waals surface area contributed by atoms with Crippen LogP contribution in [0.4, 0.5) is 0 Å². The van der Waals surface area contributed by atoms with Crippen molar-refractivity contribution in [2.24, 2.45) is 5.73 Å². The van der Waals surface area contributed by atoms with Gasteiger partial charge in [0, 0.05) is 19.2 Å². The molecule has 0 aliphatic rings. The highest BCUT2D eigenvalue weighted by atomic mass is 15.0. The first kappa shape index (κ1) is 11.1. The third-order valence-electron chi connectivity index (χ3n) is 2.92. The minimum Gasteiger partial charge on any atom is -0.325 e. The van der Waals surface area contributed by atoms with E-state index in [1.807, 2.05) is 0 Å². The lowest BCUT2D eigenvalue weighted by Crippen LogP contribution is -1.97. The summed E-state index contributed by atoms with van der Waals surface area (Å²) in [7, 11) is 0. The summed E-state index contributed by atoms with van der Waals surface area (Å²) in [6.07, 6.45) is 5.36. The van der Waals surface area contributed by atoms with Crippen molar-refractivity contribution >= 4 is 5.52 Å². The predicted molar refractivity (Wildman–Crippen MR) is 66.5 cm³/mol. The van der Waals surface area contributed by atoms with E-state index in [4.69, 9.17) is 5.73 Å². The molecule has 2 aromatic rings. The summed E-state index contributed by atoms with van der Waals surface area (Å²) in [5.41, 5.74) is 9.22. The zero-order valence-corrected chi connectivity index (χ0v) is 10.0. The van der Waals surface area contributed by atoms with Gasteiger partial charge in [0.25, 0.3) is 0 Å². The Labute approximate surface area is 96.3 Å². The zero-order chi connectivity index (χ0) is 11.5. The summed E-state index contributed by atoms with van der Waals surface area (Å²) in [6.45, 7) is 4.85. The van der Waals surface area contributed by atoms with E-state index < -0.39 is 0 Å². The Balaban J connectivity index is 2.60. The van der Waals surface area contributed by atoms with Crippen molar-refractivity contribution in [3.8, 4) is 0 Å². The molecule has 0 saturated heterocycles. The molecule has 0 fully saturated rings. The van der Waals surface area contributed by atoms with E-state index in [9.17, 15) is 0 Å². The number of pyridine rings is 1. The van der Waals surface area contributed by atoms with Crippen LogP contribution in [0.25, 0.3) is 5.52 Å². The summed E-state index contributed by atoms with van der Waals surface area (Å²) < 4.78 is 2.20. The number of imidazole rings is 1. The Bertz CT molecular complexity index is 485. The highest BCUT2D eigenvalue weighted by Crippen LogP contribution is 2.16. The van der Waals surface area contributed by atoms with Crippen LogP contribution >= 0.6 is 0 Å². The van der Waals surface area contributed by atoms with Crippen LogP contribution in [0, 0.1) is 0 Å². The Morgan fingerprint density at radius 1 is 1.31 bits per heavy atom. The van der Waals surface area contributed by atoms with Gasteiger partial charge in [0.05, 0.1) is 11.2 Å². The molecule has 0 aromatic carbocycles. The summed E-state index contributed by atoms with van der Waals surface area (Å²) in [5, 5.41) is 0. The number of nitrogens with zero attached hydrogens (tertiary/aromatic N) is 2. The van der Waals surface area contributed by atoms with Crippen LogP contribution in [0.2, 0.25) is 0 Å². The fraction of sp³-hybridized carbons (Fsp3) is 0.462. The van der Waals surface area contributed by atoms with E-state index in [1.165, 1.54) is 5.56 Å². The second-order valence-corrected chi connectivity index (χ2v) is 4.07. The maximum atomic E-state index is 5.72. The lowest BCUT2D eigenvalue weighted by Gasteiger charge is -2.02. The van der Waals surface area contributed by atoms with Crippen LogP contribution in [0.1, 0.15) is 37.4 Å². The van der Waals surface area contributed by atoms with Gasteiger partial charge in [-0.1, -0.05) is 19.9 Å². The van der Waals surface area contributed by atoms with Crippen molar-refractivity contribution in [3.63, 3.8) is 0 Å². The van der Waals surface area contributed by atoms with Gasteiger partial charge in [-0.05, 0) is 24.5 Å². The quantitative estimate of drug-likeness (QED) is 0.854. The monoisotopic (exact) mass is 217 g/mol. The molecule has 3 heteroatoms. The second kappa shape index (κ2) is 4.66. The lowest BCUT2D eigenvalue weighted by atomic mass is 10.2. The molecule has 3 nitrogen and oxygen atoms in total. The average Bonchev–Trinajstić information content (AvgIpc) is 2.67. The van der Waals surface area contributed by atoms with Crippen molar-refractivity contribution < 1.29 is 0 Å². The van der Waals surface area contributed by atoms with E-state index in [-0.39, 0.29) is 0 Å². The maximum Gasteiger partial charge on any atom is 0.113 e. The normalized spacial score (nSPS) is 11.2. The molecule has 0 spiro atoms. The molecule has 2 rings (SSSR count). The van der Waals surface area contributed by atoms with E-state index in [1.54, 1.807) is 0 Å². The van der Waals surface area contributed by atoms with Gasteiger partial charge < -0.3 is 10.1 Å². The van der Waals surface area contributed by atoms with Crippen LogP contribution in [0.5, 0.6) is 0 Å². The molecular weight excluding hydrogens is 198 g/mol. The van der Waals surface area contributed by atoms with Crippen molar-refractivity contribution in [3.05, 3.63) is 35.4 Å². The molecule has 0 saturated carbocycles. The SMILES string of the molecule is CCCc1nc(CN)c2ccc(CC)cn12. The third kappa shape index (κ3) is 1.83. The molecule has 2 heterocycles. The van der Waals surface area contributed by atoms with Crippen LogP contribution in [-0.2, 0) is 19.4 Å². The summed E-state index contributed by atoms with van der Waals surface area (Å²) in [5.74, 6) is 1.13. The van der Waals surface area contributed by atoms with E-state index in [0.717, 1.165) is 36.3 Å². The Kier molecular flexibility index (Phi) is 3.25. The molecule has 2 aromatic heterocycles. The van der Waals surface area contributed by atoms with Crippen molar-refractivity contribution in [1.29, 1.82) is 0 Å². The van der Waals surface area contributed by atoms with Gasteiger partial charge >= 0.3 is 0 Å². The number of aromatic nitrogens is 2. The highest BCUT2D eigenvalue weighted by molar-refractivity contribution is 5.54. The van der Waals surface area contributed by atoms with E-state index in [2.05, 4.69) is 41.6 Å². The standard InChI is InChI=1S/C13H19N3/c1-3-5-13-15-11(8-14)12-7-6-10(4-2)9-16(12)13/h6-7,9H,3-5,8,14H2,1-2H3. The van der Waals surface area contributed by atoms with Crippen LogP contribution < -0.4 is 5.73 Å². The first-order valence-corrected chi connectivity index (χ1v) is 5.99. The van der Waals surface area contributed by atoms with E-state index >= 15 is 0 Å². The molecule has 0 aliphatic carbocycles. The second-order valence-electron chi connectivity index (χ2n) is 4.07. The number of aryl methyl sites for hydroxylation is 2. The third-order valence-corrected chi connectivity index (χ3v) is 2.92. The number of fused-ring (bicyclic) bond motifs is 1. The molecule has 0 bridgehead atoms. The minimum atomic E-state index is 0.513. The van der Waals surface area contributed by atoms with Gasteiger partial charge in [-0.25, -0.2) is 4.98 Å². The molecule has 0 atom stereocenters. The van der Waals surface area contributed by atoms with Crippen molar-refractivity contribution in [1.82, 2.24) is 9.38 Å². The van der Waals surface area contributed by atoms with Gasteiger partial charge in [0.15, 0.2) is 0 Å². The summed E-state index contributed by atoms with van der Waals surface area (Å²) in [6, 6.07) is 4.29. The first-order chi connectivity index (χ1) is 7.80. The van der Waals surface area contributed by atoms with Crippen LogP contribution in [0.3, 0.4) is 0 Å². The van der Waals surface area contributed by atoms with Gasteiger partial charge in [-0.15, -0.1) is 0 Å². The van der Waals surface area contributed by atoms with Gasteiger partial charge in [-0.3, -0.25) is 0 Å². The lowest BCUT2D eigenvalue weighted by molar-refractivity contribution is 0.821. The molecular formula is C13H19N3. The number of rotatable bonds is 4. The largest absolute Gasteiger partial charge is 0.325 e. The molecule has 0 amide bonds. The minimum absolute atomic E-state index is 0.513. The first-order valence-electron chi connectivity index (χ1n) is 5.99. The fourth-order valence-electron chi connectivity index (χ4n) is 2.02. The van der Waals surface area contributed by atoms with Gasteiger partial charge in [0.1, 0.15) is 5.82 Å².